The van der Waals surface area contributed by atoms with Crippen molar-refractivity contribution in [1.82, 2.24) is 19.7 Å². The van der Waals surface area contributed by atoms with Crippen molar-refractivity contribution in [3.8, 4) is 5.69 Å². The molecule has 0 amide bonds. The zero-order chi connectivity index (χ0) is 16.4. The lowest BCUT2D eigenvalue weighted by atomic mass is 10.3. The Bertz CT molecular complexity index is 921. The van der Waals surface area contributed by atoms with Crippen LogP contribution in [0.5, 0.6) is 0 Å². The van der Waals surface area contributed by atoms with Crippen molar-refractivity contribution in [2.45, 2.75) is 18.7 Å². The van der Waals surface area contributed by atoms with Crippen molar-refractivity contribution in [2.75, 3.05) is 4.72 Å². The fraction of sp³-hybridized carbons (Fsp3) is 0.133. The summed E-state index contributed by atoms with van der Waals surface area (Å²) in [5.74, 6) is 0.166. The first-order valence-electron chi connectivity index (χ1n) is 6.89. The van der Waals surface area contributed by atoms with Gasteiger partial charge >= 0.3 is 0 Å². The van der Waals surface area contributed by atoms with E-state index in [0.29, 0.717) is 11.4 Å². The summed E-state index contributed by atoms with van der Waals surface area (Å²) in [5, 5.41) is 4.35. The molecule has 3 aromatic rings. The van der Waals surface area contributed by atoms with Crippen LogP contribution in [-0.2, 0) is 10.0 Å². The maximum atomic E-state index is 12.7. The van der Waals surface area contributed by atoms with Crippen molar-refractivity contribution < 1.29 is 8.42 Å². The number of sulfonamides is 1. The van der Waals surface area contributed by atoms with E-state index < -0.39 is 10.0 Å². The SMILES string of the molecule is Cc1nn(-c2ccccc2)c(C)c1S(=O)(=O)Nc1cnccn1. The van der Waals surface area contributed by atoms with Gasteiger partial charge in [0, 0.05) is 12.4 Å². The topological polar surface area (TPSA) is 89.8 Å². The minimum Gasteiger partial charge on any atom is -0.262 e. The van der Waals surface area contributed by atoms with E-state index in [1.165, 1.54) is 18.6 Å². The second-order valence-corrected chi connectivity index (χ2v) is 6.56. The molecule has 0 radical (unpaired) electrons. The molecule has 0 atom stereocenters. The molecule has 2 heterocycles. The van der Waals surface area contributed by atoms with E-state index in [0.717, 1.165) is 5.69 Å². The van der Waals surface area contributed by atoms with Crippen LogP contribution in [0, 0.1) is 13.8 Å². The number of rotatable bonds is 4. The Hall–Kier alpha value is -2.74. The second kappa shape index (κ2) is 5.81. The molecule has 0 fully saturated rings. The van der Waals surface area contributed by atoms with Crippen LogP contribution in [-0.4, -0.2) is 28.2 Å². The number of hydrogen-bond acceptors (Lipinski definition) is 5. The molecular weight excluding hydrogens is 314 g/mol. The predicted octanol–water partition coefficient (Wildman–Crippen LogP) is 2.08. The third kappa shape index (κ3) is 2.93. The molecule has 0 saturated carbocycles. The molecule has 8 heteroatoms. The summed E-state index contributed by atoms with van der Waals surface area (Å²) in [5.41, 5.74) is 1.75. The first kappa shape index (κ1) is 15.2. The number of nitrogens with zero attached hydrogens (tertiary/aromatic N) is 4. The van der Waals surface area contributed by atoms with Crippen molar-refractivity contribution in [3.05, 3.63) is 60.3 Å². The number of anilines is 1. The van der Waals surface area contributed by atoms with Crippen LogP contribution >= 0.6 is 0 Å². The largest absolute Gasteiger partial charge is 0.266 e. The zero-order valence-corrected chi connectivity index (χ0v) is 13.4. The van der Waals surface area contributed by atoms with Gasteiger partial charge in [0.1, 0.15) is 4.90 Å². The van der Waals surface area contributed by atoms with Crippen LogP contribution in [0.2, 0.25) is 0 Å². The number of hydrogen-bond donors (Lipinski definition) is 1. The molecule has 0 aliphatic carbocycles. The van der Waals surface area contributed by atoms with Gasteiger partial charge in [-0.2, -0.15) is 5.10 Å². The fourth-order valence-electron chi connectivity index (χ4n) is 2.38. The number of aryl methyl sites for hydroxylation is 1. The van der Waals surface area contributed by atoms with Crippen molar-refractivity contribution in [2.24, 2.45) is 0 Å². The minimum atomic E-state index is -3.80. The van der Waals surface area contributed by atoms with Crippen LogP contribution < -0.4 is 4.72 Å². The lowest BCUT2D eigenvalue weighted by Gasteiger charge is -2.08. The van der Waals surface area contributed by atoms with Gasteiger partial charge < -0.3 is 0 Å². The van der Waals surface area contributed by atoms with Gasteiger partial charge in [0.2, 0.25) is 0 Å². The van der Waals surface area contributed by atoms with E-state index in [2.05, 4.69) is 19.8 Å². The van der Waals surface area contributed by atoms with Crippen LogP contribution in [0.25, 0.3) is 5.69 Å². The van der Waals surface area contributed by atoms with E-state index in [1.807, 2.05) is 30.3 Å². The van der Waals surface area contributed by atoms with Gasteiger partial charge in [0.25, 0.3) is 10.0 Å². The Morgan fingerprint density at radius 3 is 2.48 bits per heavy atom. The minimum absolute atomic E-state index is 0.145. The first-order chi connectivity index (χ1) is 11.0. The van der Waals surface area contributed by atoms with Crippen LogP contribution in [0.1, 0.15) is 11.4 Å². The molecular formula is C15H15N5O2S. The van der Waals surface area contributed by atoms with Crippen LogP contribution in [0.15, 0.2) is 53.8 Å². The van der Waals surface area contributed by atoms with E-state index in [-0.39, 0.29) is 10.7 Å². The molecule has 0 saturated heterocycles. The monoisotopic (exact) mass is 329 g/mol. The third-order valence-electron chi connectivity index (χ3n) is 3.30. The second-order valence-electron chi connectivity index (χ2n) is 4.94. The van der Waals surface area contributed by atoms with Crippen molar-refractivity contribution >= 4 is 15.8 Å². The molecule has 0 aliphatic heterocycles. The summed E-state index contributed by atoms with van der Waals surface area (Å²) in [6.07, 6.45) is 4.25. The first-order valence-corrected chi connectivity index (χ1v) is 8.38. The van der Waals surface area contributed by atoms with Gasteiger partial charge in [-0.1, -0.05) is 18.2 Å². The fourth-order valence-corrected chi connectivity index (χ4v) is 3.77. The Labute approximate surface area is 134 Å². The molecule has 0 aliphatic rings. The smallest absolute Gasteiger partial charge is 0.262 e. The average Bonchev–Trinajstić information content (AvgIpc) is 2.84. The molecule has 0 bridgehead atoms. The van der Waals surface area contributed by atoms with Gasteiger partial charge in [-0.05, 0) is 26.0 Å². The Kier molecular flexibility index (Phi) is 3.83. The Balaban J connectivity index is 2.05. The number of para-hydroxylation sites is 1. The van der Waals surface area contributed by atoms with Gasteiger partial charge in [-0.25, -0.2) is 18.1 Å². The molecule has 0 unspecified atom stereocenters. The van der Waals surface area contributed by atoms with Gasteiger partial charge in [0.15, 0.2) is 5.82 Å². The maximum Gasteiger partial charge on any atom is 0.266 e. The highest BCUT2D eigenvalue weighted by Crippen LogP contribution is 2.24. The van der Waals surface area contributed by atoms with E-state index in [1.54, 1.807) is 18.5 Å². The summed E-state index contributed by atoms with van der Waals surface area (Å²) in [4.78, 5) is 7.93. The number of benzene rings is 1. The summed E-state index contributed by atoms with van der Waals surface area (Å²) in [7, 11) is -3.80. The number of aromatic nitrogens is 4. The molecule has 118 valence electrons. The average molecular weight is 329 g/mol. The predicted molar refractivity (Wildman–Crippen MR) is 85.9 cm³/mol. The van der Waals surface area contributed by atoms with Crippen molar-refractivity contribution in [3.63, 3.8) is 0 Å². The number of nitrogens with one attached hydrogen (secondary N) is 1. The highest BCUT2D eigenvalue weighted by atomic mass is 32.2. The Morgan fingerprint density at radius 2 is 1.83 bits per heavy atom. The zero-order valence-electron chi connectivity index (χ0n) is 12.6. The van der Waals surface area contributed by atoms with E-state index in [4.69, 9.17) is 0 Å². The lowest BCUT2D eigenvalue weighted by molar-refractivity contribution is 0.599. The van der Waals surface area contributed by atoms with Crippen LogP contribution in [0.3, 0.4) is 0 Å². The lowest BCUT2D eigenvalue weighted by Crippen LogP contribution is -2.15. The Morgan fingerprint density at radius 1 is 1.09 bits per heavy atom. The molecule has 3 rings (SSSR count). The normalized spacial score (nSPS) is 11.4. The summed E-state index contributed by atoms with van der Waals surface area (Å²) < 4.78 is 29.3. The van der Waals surface area contributed by atoms with Gasteiger partial charge in [-0.15, -0.1) is 0 Å². The van der Waals surface area contributed by atoms with Crippen molar-refractivity contribution in [1.29, 1.82) is 0 Å². The van der Waals surface area contributed by atoms with E-state index in [9.17, 15) is 8.42 Å². The third-order valence-corrected chi connectivity index (χ3v) is 4.90. The summed E-state index contributed by atoms with van der Waals surface area (Å²) >= 11 is 0. The molecule has 23 heavy (non-hydrogen) atoms. The highest BCUT2D eigenvalue weighted by molar-refractivity contribution is 7.92. The molecule has 1 N–H and O–H groups in total. The molecule has 1 aromatic carbocycles. The molecule has 7 nitrogen and oxygen atoms in total. The van der Waals surface area contributed by atoms with Gasteiger partial charge in [0.05, 0.1) is 23.3 Å². The highest BCUT2D eigenvalue weighted by Gasteiger charge is 2.25. The van der Waals surface area contributed by atoms with Crippen LogP contribution in [0.4, 0.5) is 5.82 Å². The summed E-state index contributed by atoms with van der Waals surface area (Å²) in [6, 6.07) is 9.37. The van der Waals surface area contributed by atoms with E-state index >= 15 is 0 Å². The summed E-state index contributed by atoms with van der Waals surface area (Å²) in [6.45, 7) is 3.38. The standard InChI is InChI=1S/C15H15N5O2S/c1-11-15(23(21,22)19-14-10-16-8-9-17-14)12(2)20(18-11)13-6-4-3-5-7-13/h3-10H,1-2H3,(H,17,19). The maximum absolute atomic E-state index is 12.7. The molecule has 0 spiro atoms. The van der Waals surface area contributed by atoms with Gasteiger partial charge in [-0.3, -0.25) is 9.71 Å². The molecule has 2 aromatic heterocycles. The quantitative estimate of drug-likeness (QED) is 0.791.